The van der Waals surface area contributed by atoms with E-state index in [9.17, 15) is 4.39 Å². The van der Waals surface area contributed by atoms with Gasteiger partial charge in [-0.1, -0.05) is 12.1 Å². The summed E-state index contributed by atoms with van der Waals surface area (Å²) in [6, 6.07) is 6.13. The molecule has 0 saturated heterocycles. The Labute approximate surface area is 70.2 Å². The van der Waals surface area contributed by atoms with E-state index in [0.717, 1.165) is 5.56 Å². The molecule has 0 amide bonds. The van der Waals surface area contributed by atoms with Crippen molar-refractivity contribution >= 4 is 0 Å². The smallest absolute Gasteiger partial charge is 0.286 e. The number of rotatable bonds is 3. The normalized spacial score (nSPS) is 9.00. The summed E-state index contributed by atoms with van der Waals surface area (Å²) in [6.07, 6.45) is 2.21. The fourth-order valence-corrected chi connectivity index (χ4v) is 0.866. The molecule has 3 heteroatoms. The highest BCUT2D eigenvalue weighted by Crippen LogP contribution is 2.03. The minimum Gasteiger partial charge on any atom is -0.427 e. The molecule has 0 bridgehead atoms. The standard InChI is InChI=1S/C9H8FNO/c10-9-3-1-8(2-4-9)5-6-12-7-11/h1-4H,5-6H2. The maximum atomic E-state index is 12.4. The number of hydrogen-bond donors (Lipinski definition) is 0. The molecule has 1 aromatic rings. The Hall–Kier alpha value is -1.56. The summed E-state index contributed by atoms with van der Waals surface area (Å²) < 4.78 is 16.9. The average molecular weight is 165 g/mol. The summed E-state index contributed by atoms with van der Waals surface area (Å²) in [6.45, 7) is 0.349. The van der Waals surface area contributed by atoms with Gasteiger partial charge in [-0.05, 0) is 17.7 Å². The molecular weight excluding hydrogens is 157 g/mol. The highest BCUT2D eigenvalue weighted by atomic mass is 19.1. The van der Waals surface area contributed by atoms with Crippen molar-refractivity contribution < 1.29 is 9.13 Å². The second-order valence-electron chi connectivity index (χ2n) is 2.32. The van der Waals surface area contributed by atoms with E-state index in [4.69, 9.17) is 5.26 Å². The third kappa shape index (κ3) is 2.59. The van der Waals surface area contributed by atoms with Crippen molar-refractivity contribution in [1.29, 1.82) is 5.26 Å². The first kappa shape index (κ1) is 8.54. The lowest BCUT2D eigenvalue weighted by atomic mass is 10.2. The van der Waals surface area contributed by atoms with Gasteiger partial charge in [0, 0.05) is 6.42 Å². The van der Waals surface area contributed by atoms with Gasteiger partial charge in [0.25, 0.3) is 6.26 Å². The van der Waals surface area contributed by atoms with Gasteiger partial charge in [0.2, 0.25) is 0 Å². The van der Waals surface area contributed by atoms with Crippen LogP contribution >= 0.6 is 0 Å². The Morgan fingerprint density at radius 3 is 2.58 bits per heavy atom. The minimum absolute atomic E-state index is 0.250. The number of hydrogen-bond acceptors (Lipinski definition) is 2. The molecule has 0 unspecified atom stereocenters. The van der Waals surface area contributed by atoms with Gasteiger partial charge in [0.1, 0.15) is 12.4 Å². The maximum Gasteiger partial charge on any atom is 0.286 e. The first-order valence-electron chi connectivity index (χ1n) is 3.58. The second-order valence-corrected chi connectivity index (χ2v) is 2.32. The van der Waals surface area contributed by atoms with E-state index in [0.29, 0.717) is 13.0 Å². The lowest BCUT2D eigenvalue weighted by Gasteiger charge is -1.97. The van der Waals surface area contributed by atoms with Gasteiger partial charge in [-0.3, -0.25) is 0 Å². The molecule has 12 heavy (non-hydrogen) atoms. The van der Waals surface area contributed by atoms with Gasteiger partial charge in [-0.25, -0.2) is 4.39 Å². The van der Waals surface area contributed by atoms with Gasteiger partial charge >= 0.3 is 0 Å². The lowest BCUT2D eigenvalue weighted by molar-refractivity contribution is 0.274. The average Bonchev–Trinajstić information content (AvgIpc) is 2.09. The number of benzene rings is 1. The first-order valence-corrected chi connectivity index (χ1v) is 3.58. The highest BCUT2D eigenvalue weighted by molar-refractivity contribution is 5.16. The fraction of sp³-hybridized carbons (Fsp3) is 0.222. The van der Waals surface area contributed by atoms with Crippen molar-refractivity contribution in [2.75, 3.05) is 6.61 Å². The molecule has 62 valence electrons. The van der Waals surface area contributed by atoms with E-state index in [2.05, 4.69) is 4.74 Å². The zero-order valence-electron chi connectivity index (χ0n) is 6.46. The van der Waals surface area contributed by atoms with Crippen LogP contribution in [0.2, 0.25) is 0 Å². The molecule has 0 aliphatic carbocycles. The SMILES string of the molecule is N#COCCc1ccc(F)cc1. The number of nitrogens with zero attached hydrogens (tertiary/aromatic N) is 1. The summed E-state index contributed by atoms with van der Waals surface area (Å²) in [4.78, 5) is 0. The van der Waals surface area contributed by atoms with Crippen molar-refractivity contribution in [1.82, 2.24) is 0 Å². The Bertz CT molecular complexity index is 276. The van der Waals surface area contributed by atoms with Crippen LogP contribution in [-0.4, -0.2) is 6.61 Å². The van der Waals surface area contributed by atoms with Crippen LogP contribution in [-0.2, 0) is 11.2 Å². The van der Waals surface area contributed by atoms with Crippen LogP contribution in [0.4, 0.5) is 4.39 Å². The molecule has 1 aromatic carbocycles. The molecule has 0 radical (unpaired) electrons. The lowest BCUT2D eigenvalue weighted by Crippen LogP contribution is -1.93. The van der Waals surface area contributed by atoms with E-state index >= 15 is 0 Å². The zero-order valence-corrected chi connectivity index (χ0v) is 6.46. The molecule has 0 aromatic heterocycles. The van der Waals surface area contributed by atoms with Crippen LogP contribution in [0.15, 0.2) is 24.3 Å². The van der Waals surface area contributed by atoms with Crippen molar-refractivity contribution in [3.63, 3.8) is 0 Å². The van der Waals surface area contributed by atoms with Gasteiger partial charge < -0.3 is 4.74 Å². The fourth-order valence-electron chi connectivity index (χ4n) is 0.866. The minimum atomic E-state index is -0.250. The van der Waals surface area contributed by atoms with Crippen LogP contribution in [0.5, 0.6) is 0 Å². The Balaban J connectivity index is 2.43. The molecule has 0 heterocycles. The van der Waals surface area contributed by atoms with Gasteiger partial charge in [0.05, 0.1) is 0 Å². The Kier molecular flexibility index (Phi) is 3.09. The zero-order chi connectivity index (χ0) is 8.81. The number of ether oxygens (including phenoxy) is 1. The second kappa shape index (κ2) is 4.35. The quantitative estimate of drug-likeness (QED) is 0.506. The predicted octanol–water partition coefficient (Wildman–Crippen LogP) is 1.87. The van der Waals surface area contributed by atoms with Crippen LogP contribution in [0.25, 0.3) is 0 Å². The monoisotopic (exact) mass is 165 g/mol. The highest BCUT2D eigenvalue weighted by Gasteiger charge is 1.93. The topological polar surface area (TPSA) is 33.0 Å². The molecule has 0 saturated carbocycles. The van der Waals surface area contributed by atoms with Crippen LogP contribution < -0.4 is 0 Å². The summed E-state index contributed by atoms with van der Waals surface area (Å²) in [5.74, 6) is -0.250. The van der Waals surface area contributed by atoms with Gasteiger partial charge in [-0.15, -0.1) is 0 Å². The van der Waals surface area contributed by atoms with Crippen molar-refractivity contribution in [3.05, 3.63) is 35.6 Å². The third-order valence-electron chi connectivity index (χ3n) is 1.47. The summed E-state index contributed by atoms with van der Waals surface area (Å²) in [5.41, 5.74) is 0.964. The maximum absolute atomic E-state index is 12.4. The van der Waals surface area contributed by atoms with Crippen molar-refractivity contribution in [2.45, 2.75) is 6.42 Å². The van der Waals surface area contributed by atoms with Crippen LogP contribution in [0, 0.1) is 17.3 Å². The third-order valence-corrected chi connectivity index (χ3v) is 1.47. The summed E-state index contributed by atoms with van der Waals surface area (Å²) in [5, 5.41) is 8.06. The predicted molar refractivity (Wildman–Crippen MR) is 41.7 cm³/mol. The van der Waals surface area contributed by atoms with E-state index in [1.165, 1.54) is 12.1 Å². The summed E-state index contributed by atoms with van der Waals surface area (Å²) >= 11 is 0. The van der Waals surface area contributed by atoms with Crippen molar-refractivity contribution in [3.8, 4) is 6.26 Å². The molecule has 0 fully saturated rings. The first-order chi connectivity index (χ1) is 5.83. The number of halogens is 1. The Morgan fingerprint density at radius 2 is 2.00 bits per heavy atom. The van der Waals surface area contributed by atoms with Crippen LogP contribution in [0.1, 0.15) is 5.56 Å². The molecular formula is C9H8FNO. The molecule has 0 spiro atoms. The van der Waals surface area contributed by atoms with Gasteiger partial charge in [-0.2, -0.15) is 5.26 Å². The van der Waals surface area contributed by atoms with Crippen LogP contribution in [0.3, 0.4) is 0 Å². The van der Waals surface area contributed by atoms with Crippen molar-refractivity contribution in [2.24, 2.45) is 0 Å². The number of nitriles is 1. The molecule has 0 aliphatic heterocycles. The van der Waals surface area contributed by atoms with E-state index in [1.807, 2.05) is 0 Å². The van der Waals surface area contributed by atoms with E-state index in [-0.39, 0.29) is 5.82 Å². The summed E-state index contributed by atoms with van der Waals surface area (Å²) in [7, 11) is 0. The molecule has 2 nitrogen and oxygen atoms in total. The molecule has 0 N–H and O–H groups in total. The van der Waals surface area contributed by atoms with E-state index in [1.54, 1.807) is 18.4 Å². The molecule has 0 atom stereocenters. The molecule has 0 aliphatic rings. The molecule has 1 rings (SSSR count). The van der Waals surface area contributed by atoms with E-state index < -0.39 is 0 Å². The Morgan fingerprint density at radius 1 is 1.33 bits per heavy atom. The van der Waals surface area contributed by atoms with Gasteiger partial charge in [0.15, 0.2) is 0 Å². The largest absolute Gasteiger partial charge is 0.427 e.